The number of likely N-dealkylation sites (N-methyl/N-ethyl adjacent to an activating group) is 1. The molecule has 1 fully saturated rings. The van der Waals surface area contributed by atoms with Crippen molar-refractivity contribution in [1.82, 2.24) is 9.91 Å². The average Bonchev–Trinajstić information content (AvgIpc) is 2.29. The lowest BCUT2D eigenvalue weighted by Crippen LogP contribution is -2.47. The van der Waals surface area contributed by atoms with Crippen molar-refractivity contribution < 1.29 is 4.39 Å². The summed E-state index contributed by atoms with van der Waals surface area (Å²) in [6, 6.07) is 2.76. The molecule has 1 heterocycles. The Bertz CT molecular complexity index is 405. The monoisotopic (exact) mass is 258 g/mol. The molecule has 0 atom stereocenters. The molecule has 1 aromatic rings. The van der Waals surface area contributed by atoms with Gasteiger partial charge in [0.2, 0.25) is 0 Å². The summed E-state index contributed by atoms with van der Waals surface area (Å²) in [6.07, 6.45) is 0. The summed E-state index contributed by atoms with van der Waals surface area (Å²) < 4.78 is 13.1. The topological polar surface area (TPSA) is 44.5 Å². The third kappa shape index (κ3) is 3.00. The molecule has 17 heavy (non-hydrogen) atoms. The van der Waals surface area contributed by atoms with Crippen LogP contribution < -0.4 is 11.2 Å². The van der Waals surface area contributed by atoms with E-state index in [4.69, 9.17) is 17.3 Å². The number of rotatable bonds is 2. The zero-order valence-electron chi connectivity index (χ0n) is 9.71. The predicted molar refractivity (Wildman–Crippen MR) is 68.5 cm³/mol. The van der Waals surface area contributed by atoms with Crippen LogP contribution in [-0.2, 0) is 0 Å². The van der Waals surface area contributed by atoms with Crippen LogP contribution in [0.5, 0.6) is 0 Å². The van der Waals surface area contributed by atoms with Gasteiger partial charge in [-0.05, 0) is 13.1 Å². The summed E-state index contributed by atoms with van der Waals surface area (Å²) in [7, 11) is 2.08. The summed E-state index contributed by atoms with van der Waals surface area (Å²) in [6.45, 7) is 3.76. The summed E-state index contributed by atoms with van der Waals surface area (Å²) in [5, 5.41) is 2.13. The molecule has 1 aliphatic heterocycles. The number of nitrogen functional groups attached to an aromatic ring is 1. The molecular weight excluding hydrogens is 243 g/mol. The lowest BCUT2D eigenvalue weighted by molar-refractivity contribution is 0.179. The van der Waals surface area contributed by atoms with Gasteiger partial charge in [0.1, 0.15) is 5.82 Å². The molecule has 0 bridgehead atoms. The van der Waals surface area contributed by atoms with Crippen LogP contribution in [0.1, 0.15) is 0 Å². The first-order valence-electron chi connectivity index (χ1n) is 5.51. The Kier molecular flexibility index (Phi) is 3.71. The highest BCUT2D eigenvalue weighted by Crippen LogP contribution is 2.26. The van der Waals surface area contributed by atoms with Crippen molar-refractivity contribution in [2.45, 2.75) is 0 Å². The molecule has 6 heteroatoms. The number of hydrogen-bond acceptors (Lipinski definition) is 4. The Morgan fingerprint density at radius 3 is 2.59 bits per heavy atom. The molecular formula is C11H16ClFN4. The van der Waals surface area contributed by atoms with Crippen molar-refractivity contribution in [2.75, 3.05) is 44.4 Å². The minimum atomic E-state index is -0.493. The van der Waals surface area contributed by atoms with Crippen LogP contribution in [0.4, 0.5) is 15.8 Å². The van der Waals surface area contributed by atoms with Crippen molar-refractivity contribution in [2.24, 2.45) is 0 Å². The number of hydrazine groups is 1. The number of nitrogens with one attached hydrogen (secondary N) is 1. The number of hydrogen-bond donors (Lipinski definition) is 2. The molecule has 4 nitrogen and oxygen atoms in total. The average molecular weight is 259 g/mol. The number of halogens is 2. The Morgan fingerprint density at radius 1 is 1.29 bits per heavy atom. The molecule has 0 unspecified atom stereocenters. The fourth-order valence-electron chi connectivity index (χ4n) is 1.75. The van der Waals surface area contributed by atoms with E-state index in [-0.39, 0.29) is 5.02 Å². The second-order valence-electron chi connectivity index (χ2n) is 4.26. The first-order valence-corrected chi connectivity index (χ1v) is 5.89. The molecule has 3 N–H and O–H groups in total. The molecule has 0 radical (unpaired) electrons. The van der Waals surface area contributed by atoms with Crippen LogP contribution in [-0.4, -0.2) is 43.1 Å². The van der Waals surface area contributed by atoms with Gasteiger partial charge in [0.25, 0.3) is 0 Å². The molecule has 0 amide bonds. The number of nitrogens with two attached hydrogens (primary N) is 1. The smallest absolute Gasteiger partial charge is 0.143 e. The van der Waals surface area contributed by atoms with Gasteiger partial charge in [-0.25, -0.2) is 9.40 Å². The Morgan fingerprint density at radius 2 is 1.94 bits per heavy atom. The third-order valence-electron chi connectivity index (χ3n) is 2.87. The lowest BCUT2D eigenvalue weighted by Gasteiger charge is -2.33. The largest absolute Gasteiger partial charge is 0.397 e. The zero-order valence-corrected chi connectivity index (χ0v) is 10.5. The van der Waals surface area contributed by atoms with Gasteiger partial charge in [0, 0.05) is 32.2 Å². The second kappa shape index (κ2) is 5.08. The minimum Gasteiger partial charge on any atom is -0.397 e. The first kappa shape index (κ1) is 12.4. The van der Waals surface area contributed by atoms with Gasteiger partial charge in [0.05, 0.1) is 16.4 Å². The predicted octanol–water partition coefficient (Wildman–Crippen LogP) is 1.64. The van der Waals surface area contributed by atoms with Gasteiger partial charge < -0.3 is 16.1 Å². The number of benzene rings is 1. The normalized spacial score (nSPS) is 18.3. The van der Waals surface area contributed by atoms with Crippen LogP contribution in [0, 0.1) is 5.82 Å². The van der Waals surface area contributed by atoms with E-state index in [9.17, 15) is 4.39 Å². The second-order valence-corrected chi connectivity index (χ2v) is 4.66. The first-order chi connectivity index (χ1) is 8.06. The van der Waals surface area contributed by atoms with Crippen molar-refractivity contribution >= 4 is 23.0 Å². The van der Waals surface area contributed by atoms with Gasteiger partial charge in [-0.15, -0.1) is 0 Å². The SMILES string of the molecule is CN1CCN(Nc2cc(Cl)c(F)cc2N)CC1. The summed E-state index contributed by atoms with van der Waals surface area (Å²) in [5.74, 6) is -0.493. The van der Waals surface area contributed by atoms with Crippen molar-refractivity contribution in [3.8, 4) is 0 Å². The molecule has 1 aromatic carbocycles. The van der Waals surface area contributed by atoms with Gasteiger partial charge in [0.15, 0.2) is 0 Å². The highest BCUT2D eigenvalue weighted by molar-refractivity contribution is 6.31. The van der Waals surface area contributed by atoms with Crippen molar-refractivity contribution in [3.05, 3.63) is 23.0 Å². The number of piperazine rings is 1. The van der Waals surface area contributed by atoms with Crippen molar-refractivity contribution in [3.63, 3.8) is 0 Å². The highest BCUT2D eigenvalue weighted by atomic mass is 35.5. The van der Waals surface area contributed by atoms with Crippen LogP contribution >= 0.6 is 11.6 Å². The highest BCUT2D eigenvalue weighted by Gasteiger charge is 2.15. The van der Waals surface area contributed by atoms with Crippen molar-refractivity contribution in [1.29, 1.82) is 0 Å². The van der Waals surface area contributed by atoms with E-state index in [1.54, 1.807) is 0 Å². The van der Waals surface area contributed by atoms with E-state index < -0.39 is 5.82 Å². The van der Waals surface area contributed by atoms with Crippen LogP contribution in [0.25, 0.3) is 0 Å². The molecule has 0 spiro atoms. The third-order valence-corrected chi connectivity index (χ3v) is 3.16. The van der Waals surface area contributed by atoms with Gasteiger partial charge in [-0.1, -0.05) is 11.6 Å². The van der Waals surface area contributed by atoms with E-state index in [1.807, 2.05) is 0 Å². The Hall–Kier alpha value is -1.04. The Labute approximate surface area is 105 Å². The minimum absolute atomic E-state index is 0.0795. The number of nitrogens with zero attached hydrogens (tertiary/aromatic N) is 2. The van der Waals surface area contributed by atoms with Gasteiger partial charge in [-0.2, -0.15) is 0 Å². The standard InChI is InChI=1S/C11H16ClFN4/c1-16-2-4-17(5-3-16)15-11-6-8(12)9(13)7-10(11)14/h6-7,15H,2-5,14H2,1H3. The van der Waals surface area contributed by atoms with Crippen LogP contribution in [0.3, 0.4) is 0 Å². The summed E-state index contributed by atoms with van der Waals surface area (Å²) in [4.78, 5) is 2.25. The zero-order chi connectivity index (χ0) is 12.4. The van der Waals surface area contributed by atoms with Gasteiger partial charge in [-0.3, -0.25) is 0 Å². The molecule has 0 aliphatic carbocycles. The van der Waals surface area contributed by atoms with Crippen LogP contribution in [0.2, 0.25) is 5.02 Å². The molecule has 2 rings (SSSR count). The maximum Gasteiger partial charge on any atom is 0.143 e. The van der Waals surface area contributed by atoms with E-state index in [2.05, 4.69) is 22.4 Å². The summed E-state index contributed by atoms with van der Waals surface area (Å²) >= 11 is 5.73. The fraction of sp³-hybridized carbons (Fsp3) is 0.455. The van der Waals surface area contributed by atoms with E-state index >= 15 is 0 Å². The maximum atomic E-state index is 13.1. The lowest BCUT2D eigenvalue weighted by atomic mass is 10.2. The molecule has 0 saturated carbocycles. The molecule has 1 aliphatic rings. The number of anilines is 2. The molecule has 1 saturated heterocycles. The fourth-order valence-corrected chi connectivity index (χ4v) is 1.91. The maximum absolute atomic E-state index is 13.1. The van der Waals surface area contributed by atoms with E-state index in [1.165, 1.54) is 12.1 Å². The quantitative estimate of drug-likeness (QED) is 0.792. The van der Waals surface area contributed by atoms with E-state index in [0.717, 1.165) is 26.2 Å². The van der Waals surface area contributed by atoms with E-state index in [0.29, 0.717) is 11.4 Å². The molecule has 0 aromatic heterocycles. The van der Waals surface area contributed by atoms with Gasteiger partial charge >= 0.3 is 0 Å². The Balaban J connectivity index is 2.06. The van der Waals surface area contributed by atoms with Crippen LogP contribution in [0.15, 0.2) is 12.1 Å². The molecule has 94 valence electrons. The summed E-state index contributed by atoms with van der Waals surface area (Å²) in [5.41, 5.74) is 9.92.